The second kappa shape index (κ2) is 5.34. The molecule has 1 heterocycles. The van der Waals surface area contributed by atoms with E-state index in [0.29, 0.717) is 6.42 Å². The largest absolute Gasteiger partial charge is 0.388 e. The average molecular weight is 201 g/mol. The molecule has 74 valence electrons. The fourth-order valence-corrected chi connectivity index (χ4v) is 1.76. The van der Waals surface area contributed by atoms with E-state index >= 15 is 0 Å². The van der Waals surface area contributed by atoms with Gasteiger partial charge in [-0.2, -0.15) is 5.06 Å². The third kappa shape index (κ3) is 3.44. The van der Waals surface area contributed by atoms with Crippen LogP contribution in [0.25, 0.3) is 0 Å². The van der Waals surface area contributed by atoms with Gasteiger partial charge in [0.25, 0.3) is 0 Å². The molecule has 1 unspecified atom stereocenters. The van der Waals surface area contributed by atoms with Crippen LogP contribution < -0.4 is 0 Å². The minimum absolute atomic E-state index is 0.363. The monoisotopic (exact) mass is 201 g/mol. The molecule has 0 saturated heterocycles. The first-order valence-corrected chi connectivity index (χ1v) is 5.08. The Morgan fingerprint density at radius 1 is 1.69 bits per heavy atom. The highest BCUT2D eigenvalue weighted by molar-refractivity contribution is 7.10. The highest BCUT2D eigenvalue weighted by atomic mass is 32.1. The van der Waals surface area contributed by atoms with E-state index in [2.05, 4.69) is 0 Å². The Kier molecular flexibility index (Phi) is 4.38. The Bertz CT molecular complexity index is 226. The maximum Gasteiger partial charge on any atom is 0.0895 e. The zero-order valence-corrected chi connectivity index (χ0v) is 8.75. The molecule has 13 heavy (non-hydrogen) atoms. The van der Waals surface area contributed by atoms with Crippen LogP contribution in [-0.2, 0) is 4.84 Å². The maximum atomic E-state index is 9.68. The Balaban J connectivity index is 2.30. The van der Waals surface area contributed by atoms with E-state index in [0.717, 1.165) is 11.4 Å². The molecule has 0 bridgehead atoms. The van der Waals surface area contributed by atoms with Gasteiger partial charge >= 0.3 is 0 Å². The molecule has 0 aliphatic rings. The smallest absolute Gasteiger partial charge is 0.0895 e. The van der Waals surface area contributed by atoms with Crippen molar-refractivity contribution < 1.29 is 9.94 Å². The minimum atomic E-state index is -0.363. The van der Waals surface area contributed by atoms with Gasteiger partial charge in [-0.3, -0.25) is 0 Å². The summed E-state index contributed by atoms with van der Waals surface area (Å²) in [5.41, 5.74) is 0. The zero-order valence-electron chi connectivity index (χ0n) is 7.93. The van der Waals surface area contributed by atoms with Gasteiger partial charge in [-0.25, -0.2) is 0 Å². The first kappa shape index (κ1) is 10.7. The molecule has 1 aromatic heterocycles. The van der Waals surface area contributed by atoms with Crippen LogP contribution in [-0.4, -0.2) is 30.9 Å². The Morgan fingerprint density at radius 3 is 3.00 bits per heavy atom. The Morgan fingerprint density at radius 2 is 2.46 bits per heavy atom. The van der Waals surface area contributed by atoms with E-state index < -0.39 is 0 Å². The molecule has 1 aromatic rings. The van der Waals surface area contributed by atoms with Gasteiger partial charge in [-0.1, -0.05) is 6.07 Å². The van der Waals surface area contributed by atoms with E-state index in [-0.39, 0.29) is 6.10 Å². The van der Waals surface area contributed by atoms with Crippen LogP contribution in [0, 0.1) is 0 Å². The van der Waals surface area contributed by atoms with Crippen LogP contribution in [0.4, 0.5) is 0 Å². The lowest BCUT2D eigenvalue weighted by Crippen LogP contribution is -2.19. The molecule has 0 fully saturated rings. The molecule has 0 spiro atoms. The van der Waals surface area contributed by atoms with Gasteiger partial charge in [-0.15, -0.1) is 11.3 Å². The number of hydroxylamine groups is 2. The number of hydrogen-bond donors (Lipinski definition) is 1. The van der Waals surface area contributed by atoms with Crippen molar-refractivity contribution in [3.8, 4) is 0 Å². The van der Waals surface area contributed by atoms with Crippen molar-refractivity contribution in [2.75, 3.05) is 20.7 Å². The standard InChI is InChI=1S/C9H15NO2S/c1-10(12-2)6-5-8(11)9-4-3-7-13-9/h3-4,7-8,11H,5-6H2,1-2H3. The van der Waals surface area contributed by atoms with Gasteiger partial charge in [0.2, 0.25) is 0 Å². The summed E-state index contributed by atoms with van der Waals surface area (Å²) in [6.45, 7) is 0.732. The molecular weight excluding hydrogens is 186 g/mol. The van der Waals surface area contributed by atoms with Crippen molar-refractivity contribution in [1.29, 1.82) is 0 Å². The number of rotatable bonds is 5. The summed E-state index contributed by atoms with van der Waals surface area (Å²) >= 11 is 1.58. The van der Waals surface area contributed by atoms with Crippen molar-refractivity contribution in [3.63, 3.8) is 0 Å². The molecular formula is C9H15NO2S. The van der Waals surface area contributed by atoms with Crippen LogP contribution >= 0.6 is 11.3 Å². The van der Waals surface area contributed by atoms with Gasteiger partial charge in [0.05, 0.1) is 13.2 Å². The average Bonchev–Trinajstić information content (AvgIpc) is 2.66. The second-order valence-corrected chi connectivity index (χ2v) is 3.83. The number of nitrogens with zero attached hydrogens (tertiary/aromatic N) is 1. The van der Waals surface area contributed by atoms with Gasteiger partial charge in [0.1, 0.15) is 0 Å². The molecule has 0 radical (unpaired) electrons. The molecule has 0 aromatic carbocycles. The SMILES string of the molecule is CON(C)CCC(O)c1cccs1. The zero-order chi connectivity index (χ0) is 9.68. The molecule has 1 rings (SSSR count). The van der Waals surface area contributed by atoms with E-state index in [1.54, 1.807) is 23.5 Å². The van der Waals surface area contributed by atoms with Crippen LogP contribution in [0.5, 0.6) is 0 Å². The van der Waals surface area contributed by atoms with Crippen molar-refractivity contribution in [2.45, 2.75) is 12.5 Å². The molecule has 3 nitrogen and oxygen atoms in total. The number of thiophene rings is 1. The van der Waals surface area contributed by atoms with Crippen LogP contribution in [0.1, 0.15) is 17.4 Å². The molecule has 0 aliphatic carbocycles. The topological polar surface area (TPSA) is 32.7 Å². The first-order chi connectivity index (χ1) is 6.24. The maximum absolute atomic E-state index is 9.68. The van der Waals surface area contributed by atoms with Crippen molar-refractivity contribution in [2.24, 2.45) is 0 Å². The lowest BCUT2D eigenvalue weighted by atomic mass is 10.2. The highest BCUT2D eigenvalue weighted by Crippen LogP contribution is 2.21. The minimum Gasteiger partial charge on any atom is -0.388 e. The van der Waals surface area contributed by atoms with E-state index in [1.165, 1.54) is 0 Å². The molecule has 0 aliphatic heterocycles. The number of aliphatic hydroxyl groups is 1. The van der Waals surface area contributed by atoms with Crippen molar-refractivity contribution in [1.82, 2.24) is 5.06 Å². The summed E-state index contributed by atoms with van der Waals surface area (Å²) in [4.78, 5) is 5.96. The summed E-state index contributed by atoms with van der Waals surface area (Å²) < 4.78 is 0. The van der Waals surface area contributed by atoms with Crippen LogP contribution in [0.2, 0.25) is 0 Å². The number of aliphatic hydroxyl groups excluding tert-OH is 1. The quantitative estimate of drug-likeness (QED) is 0.735. The van der Waals surface area contributed by atoms with Gasteiger partial charge in [0, 0.05) is 18.5 Å². The fourth-order valence-electron chi connectivity index (χ4n) is 1.02. The Hall–Kier alpha value is -0.420. The lowest BCUT2D eigenvalue weighted by molar-refractivity contribution is -0.114. The second-order valence-electron chi connectivity index (χ2n) is 2.85. The van der Waals surface area contributed by atoms with Gasteiger partial charge < -0.3 is 9.94 Å². The molecule has 0 amide bonds. The van der Waals surface area contributed by atoms with Gasteiger partial charge in [0.15, 0.2) is 0 Å². The molecule has 1 N–H and O–H groups in total. The summed E-state index contributed by atoms with van der Waals surface area (Å²) in [7, 11) is 3.47. The summed E-state index contributed by atoms with van der Waals surface area (Å²) in [6.07, 6.45) is 0.336. The molecule has 0 saturated carbocycles. The number of hydrogen-bond acceptors (Lipinski definition) is 4. The first-order valence-electron chi connectivity index (χ1n) is 4.20. The third-order valence-corrected chi connectivity index (χ3v) is 2.87. The van der Waals surface area contributed by atoms with E-state index in [9.17, 15) is 5.11 Å². The predicted molar refractivity (Wildman–Crippen MR) is 53.5 cm³/mol. The van der Waals surface area contributed by atoms with Crippen molar-refractivity contribution in [3.05, 3.63) is 22.4 Å². The highest BCUT2D eigenvalue weighted by Gasteiger charge is 2.08. The van der Waals surface area contributed by atoms with E-state index in [1.807, 2.05) is 24.6 Å². The van der Waals surface area contributed by atoms with Crippen LogP contribution in [0.15, 0.2) is 17.5 Å². The summed E-state index contributed by atoms with van der Waals surface area (Å²) in [6, 6.07) is 3.89. The third-order valence-electron chi connectivity index (χ3n) is 1.90. The normalized spacial score (nSPS) is 13.5. The van der Waals surface area contributed by atoms with Gasteiger partial charge in [-0.05, 0) is 17.9 Å². The van der Waals surface area contributed by atoms with Crippen molar-refractivity contribution >= 4 is 11.3 Å². The van der Waals surface area contributed by atoms with E-state index in [4.69, 9.17) is 4.84 Å². The fraction of sp³-hybridized carbons (Fsp3) is 0.556. The van der Waals surface area contributed by atoms with Crippen LogP contribution in [0.3, 0.4) is 0 Å². The Labute approximate surface area is 82.5 Å². The molecule has 1 atom stereocenters. The lowest BCUT2D eigenvalue weighted by Gasteiger charge is -2.15. The summed E-state index contributed by atoms with van der Waals surface area (Å²) in [5.74, 6) is 0. The summed E-state index contributed by atoms with van der Waals surface area (Å²) in [5, 5.41) is 13.4. The molecule has 4 heteroatoms. The predicted octanol–water partition coefficient (Wildman–Crippen LogP) is 1.66.